The van der Waals surface area contributed by atoms with Gasteiger partial charge in [0.25, 0.3) is 5.91 Å². The quantitative estimate of drug-likeness (QED) is 0.212. The summed E-state index contributed by atoms with van der Waals surface area (Å²) in [4.78, 5) is 49.6. The Hall–Kier alpha value is -4.90. The lowest BCUT2D eigenvalue weighted by atomic mass is 9.92. The molecule has 2 amide bonds. The van der Waals surface area contributed by atoms with Crippen LogP contribution in [0.3, 0.4) is 0 Å². The molecule has 0 spiro atoms. The van der Waals surface area contributed by atoms with E-state index in [1.165, 1.54) is 41.6 Å². The van der Waals surface area contributed by atoms with Crippen LogP contribution in [0.15, 0.2) is 43.0 Å². The summed E-state index contributed by atoms with van der Waals surface area (Å²) in [6.07, 6.45) is 1.58. The Morgan fingerprint density at radius 2 is 1.93 bits per heavy atom. The number of nitrogens with one attached hydrogen (secondary N) is 2. The number of rotatable bonds is 7. The molecule has 1 fully saturated rings. The number of halogens is 6. The van der Waals surface area contributed by atoms with Gasteiger partial charge in [0.1, 0.15) is 18.0 Å². The maximum Gasteiger partial charge on any atom is 0.490 e. The highest BCUT2D eigenvalue weighted by molar-refractivity contribution is 6.33. The number of alkyl halides is 3. The summed E-state index contributed by atoms with van der Waals surface area (Å²) in [7, 11) is 0. The molecule has 19 heteroatoms. The molecule has 3 aromatic heterocycles. The Bertz CT molecular complexity index is 1880. The molecule has 46 heavy (non-hydrogen) atoms. The van der Waals surface area contributed by atoms with Crippen LogP contribution < -0.4 is 5.32 Å². The Balaban J connectivity index is 1.20. The number of anilines is 1. The number of hydrogen-bond acceptors (Lipinski definition) is 9. The Morgan fingerprint density at radius 1 is 1.13 bits per heavy atom. The van der Waals surface area contributed by atoms with E-state index < -0.39 is 36.5 Å². The van der Waals surface area contributed by atoms with Crippen molar-refractivity contribution >= 4 is 52.4 Å². The zero-order chi connectivity index (χ0) is 32.7. The maximum absolute atomic E-state index is 15.4. The van der Waals surface area contributed by atoms with Gasteiger partial charge in [-0.3, -0.25) is 9.59 Å². The summed E-state index contributed by atoms with van der Waals surface area (Å²) in [6.45, 7) is -1.18. The van der Waals surface area contributed by atoms with Crippen LogP contribution in [-0.4, -0.2) is 76.7 Å². The SMILES string of the molecule is O=C(COC(=O)C(F)(F)F)Nc1cc(-c2cnc([C@@H]3CCC4CC(c5c(-n6cnnn6)ccc(Cl)c5F)=CC(=O)N43)[nH]2)c(Cl)cn1. The Labute approximate surface area is 265 Å². The van der Waals surface area contributed by atoms with Gasteiger partial charge in [0, 0.05) is 29.4 Å². The normalized spacial score (nSPS) is 17.9. The number of esters is 1. The number of aromatic amines is 1. The number of imidazole rings is 1. The van der Waals surface area contributed by atoms with Gasteiger partial charge in [-0.1, -0.05) is 23.2 Å². The molecule has 6 rings (SSSR count). The molecule has 1 aromatic carbocycles. The number of aromatic nitrogens is 7. The average Bonchev–Trinajstić information content (AvgIpc) is 3.79. The Morgan fingerprint density at radius 3 is 2.67 bits per heavy atom. The summed E-state index contributed by atoms with van der Waals surface area (Å²) in [5.41, 5.74) is 1.65. The van der Waals surface area contributed by atoms with Crippen molar-refractivity contribution in [3.8, 4) is 16.9 Å². The summed E-state index contributed by atoms with van der Waals surface area (Å²) in [6, 6.07) is 3.58. The first-order chi connectivity index (χ1) is 21.9. The van der Waals surface area contributed by atoms with Crippen LogP contribution in [0.2, 0.25) is 10.0 Å². The highest BCUT2D eigenvalue weighted by Crippen LogP contribution is 2.44. The summed E-state index contributed by atoms with van der Waals surface area (Å²) in [5, 5.41) is 13.3. The molecule has 2 N–H and O–H groups in total. The van der Waals surface area contributed by atoms with Crippen LogP contribution in [0.5, 0.6) is 0 Å². The standard InChI is InChI=1S/C27H19Cl2F4N9O4/c28-15-2-4-18(41-11-36-39-40-41)23(24(15)30)12-5-13-1-3-19(42(13)22(44)6-12)25-35-9-17(37-25)14-7-20(34-8-16(14)29)38-21(43)10-46-26(45)27(31,32)33/h2,4,6-9,11,13,19H,1,3,5,10H2,(H,35,37)(H,34,38,43)/t13?,19-/m0/s1. The number of tetrazole rings is 1. The van der Waals surface area contributed by atoms with Crippen molar-refractivity contribution in [2.24, 2.45) is 0 Å². The number of pyridine rings is 1. The van der Waals surface area contributed by atoms with Crippen LogP contribution in [0.25, 0.3) is 22.5 Å². The van der Waals surface area contributed by atoms with E-state index in [-0.39, 0.29) is 33.4 Å². The fraction of sp³-hybridized carbons (Fsp3) is 0.259. The minimum Gasteiger partial charge on any atom is -0.449 e. The van der Waals surface area contributed by atoms with Gasteiger partial charge in [-0.2, -0.15) is 17.9 Å². The van der Waals surface area contributed by atoms with Crippen LogP contribution >= 0.6 is 23.2 Å². The summed E-state index contributed by atoms with van der Waals surface area (Å²) in [5.74, 6) is -4.24. The van der Waals surface area contributed by atoms with E-state index in [0.717, 1.165) is 0 Å². The highest BCUT2D eigenvalue weighted by Gasteiger charge is 2.43. The molecule has 0 aliphatic carbocycles. The summed E-state index contributed by atoms with van der Waals surface area (Å²) < 4.78 is 57.6. The molecule has 1 saturated heterocycles. The van der Waals surface area contributed by atoms with E-state index >= 15 is 4.39 Å². The van der Waals surface area contributed by atoms with E-state index in [0.29, 0.717) is 47.6 Å². The smallest absolute Gasteiger partial charge is 0.449 e. The van der Waals surface area contributed by atoms with Gasteiger partial charge in [-0.05, 0) is 53.5 Å². The molecule has 0 radical (unpaired) electrons. The predicted octanol–water partition coefficient (Wildman–Crippen LogP) is 4.46. The topological polar surface area (TPSA) is 161 Å². The molecule has 0 bridgehead atoms. The number of benzene rings is 1. The predicted molar refractivity (Wildman–Crippen MR) is 152 cm³/mol. The number of ether oxygens (including phenoxy) is 1. The number of carbonyl (C=O) groups is 3. The van der Waals surface area contributed by atoms with E-state index in [9.17, 15) is 27.6 Å². The third kappa shape index (κ3) is 6.02. The number of carbonyl (C=O) groups excluding carboxylic acids is 3. The molecule has 2 aliphatic heterocycles. The average molecular weight is 680 g/mol. The number of nitrogens with zero attached hydrogens (tertiary/aromatic N) is 7. The first-order valence-corrected chi connectivity index (χ1v) is 14.2. The van der Waals surface area contributed by atoms with Crippen molar-refractivity contribution in [1.29, 1.82) is 0 Å². The lowest BCUT2D eigenvalue weighted by Gasteiger charge is -2.33. The monoisotopic (exact) mass is 679 g/mol. The first kappa shape index (κ1) is 31.1. The van der Waals surface area contributed by atoms with Crippen molar-refractivity contribution < 1.29 is 36.7 Å². The van der Waals surface area contributed by atoms with Crippen LogP contribution in [0.1, 0.15) is 36.7 Å². The fourth-order valence-electron chi connectivity index (χ4n) is 5.45. The van der Waals surface area contributed by atoms with Gasteiger partial charge in [0.05, 0.1) is 33.7 Å². The second-order valence-electron chi connectivity index (χ2n) is 10.2. The van der Waals surface area contributed by atoms with Crippen molar-refractivity contribution in [3.63, 3.8) is 0 Å². The lowest BCUT2D eigenvalue weighted by Crippen LogP contribution is -2.39. The van der Waals surface area contributed by atoms with Gasteiger partial charge in [-0.15, -0.1) is 5.10 Å². The molecule has 2 aliphatic rings. The third-order valence-electron chi connectivity index (χ3n) is 7.39. The van der Waals surface area contributed by atoms with Crippen molar-refractivity contribution in [2.45, 2.75) is 37.5 Å². The van der Waals surface area contributed by atoms with Gasteiger partial charge < -0.3 is 19.9 Å². The summed E-state index contributed by atoms with van der Waals surface area (Å²) >= 11 is 12.4. The van der Waals surface area contributed by atoms with E-state index in [2.05, 4.69) is 40.5 Å². The zero-order valence-electron chi connectivity index (χ0n) is 23.1. The van der Waals surface area contributed by atoms with Gasteiger partial charge in [0.2, 0.25) is 5.91 Å². The molecule has 238 valence electrons. The van der Waals surface area contributed by atoms with Gasteiger partial charge in [-0.25, -0.2) is 19.2 Å². The molecule has 5 heterocycles. The second kappa shape index (κ2) is 12.1. The molecular formula is C27H19Cl2F4N9O4. The maximum atomic E-state index is 15.4. The van der Waals surface area contributed by atoms with E-state index in [1.54, 1.807) is 11.0 Å². The van der Waals surface area contributed by atoms with Gasteiger partial charge >= 0.3 is 12.1 Å². The van der Waals surface area contributed by atoms with Gasteiger partial charge in [0.15, 0.2) is 12.4 Å². The largest absolute Gasteiger partial charge is 0.490 e. The number of H-pyrrole nitrogens is 1. The van der Waals surface area contributed by atoms with Crippen LogP contribution in [-0.2, 0) is 19.1 Å². The minimum absolute atomic E-state index is 0.0808. The van der Waals surface area contributed by atoms with Crippen LogP contribution in [0, 0.1) is 5.82 Å². The van der Waals surface area contributed by atoms with Crippen molar-refractivity contribution in [1.82, 2.24) is 40.1 Å². The molecule has 2 atom stereocenters. The van der Waals surface area contributed by atoms with Crippen molar-refractivity contribution in [3.05, 3.63) is 70.2 Å². The number of fused-ring (bicyclic) bond motifs is 1. The Kier molecular flexibility index (Phi) is 8.20. The fourth-order valence-corrected chi connectivity index (χ4v) is 5.82. The molecule has 4 aromatic rings. The third-order valence-corrected chi connectivity index (χ3v) is 7.98. The van der Waals surface area contributed by atoms with E-state index in [4.69, 9.17) is 23.2 Å². The molecule has 0 saturated carbocycles. The second-order valence-corrected chi connectivity index (χ2v) is 11.0. The molecular weight excluding hydrogens is 661 g/mol. The van der Waals surface area contributed by atoms with Crippen LogP contribution in [0.4, 0.5) is 23.4 Å². The van der Waals surface area contributed by atoms with E-state index in [1.807, 2.05) is 0 Å². The first-order valence-electron chi connectivity index (χ1n) is 13.4. The van der Waals surface area contributed by atoms with Crippen molar-refractivity contribution in [2.75, 3.05) is 11.9 Å². The highest BCUT2D eigenvalue weighted by atomic mass is 35.5. The molecule has 1 unspecified atom stereocenters. The molecule has 13 nitrogen and oxygen atoms in total. The lowest BCUT2D eigenvalue weighted by molar-refractivity contribution is -0.199. The number of hydrogen-bond donors (Lipinski definition) is 2. The number of amides is 2. The zero-order valence-corrected chi connectivity index (χ0v) is 24.6. The minimum atomic E-state index is -5.24.